The molecule has 0 bridgehead atoms. The molecule has 3 rings (SSSR count). The highest BCUT2D eigenvalue weighted by molar-refractivity contribution is 7.90. The molecule has 1 aliphatic heterocycles. The quantitative estimate of drug-likeness (QED) is 0.642. The zero-order chi connectivity index (χ0) is 23.5. The summed E-state index contributed by atoms with van der Waals surface area (Å²) in [7, 11) is -4.19. The van der Waals surface area contributed by atoms with Crippen LogP contribution in [0.15, 0.2) is 41.6 Å². The number of anilines is 1. The predicted molar refractivity (Wildman–Crippen MR) is 123 cm³/mol. The molecular weight excluding hydrogens is 428 g/mol. The summed E-state index contributed by atoms with van der Waals surface area (Å²) < 4.78 is 33.5. The van der Waals surface area contributed by atoms with Crippen LogP contribution in [0.5, 0.6) is 5.88 Å². The minimum Gasteiger partial charge on any atom is -0.478 e. The van der Waals surface area contributed by atoms with Crippen molar-refractivity contribution in [2.45, 2.75) is 58.0 Å². The van der Waals surface area contributed by atoms with Gasteiger partial charge in [0.15, 0.2) is 5.03 Å². The minimum atomic E-state index is -4.19. The number of carbonyl (C=O) groups excluding carboxylic acids is 1. The molecule has 3 heterocycles. The Bertz CT molecular complexity index is 1070. The molecule has 2 aromatic heterocycles. The average Bonchev–Trinajstić information content (AvgIpc) is 2.99. The Morgan fingerprint density at radius 1 is 1.28 bits per heavy atom. The van der Waals surface area contributed by atoms with E-state index in [9.17, 15) is 13.2 Å². The van der Waals surface area contributed by atoms with Crippen molar-refractivity contribution in [2.75, 3.05) is 18.1 Å². The van der Waals surface area contributed by atoms with E-state index in [1.165, 1.54) is 6.07 Å². The third-order valence-corrected chi connectivity index (χ3v) is 6.74. The van der Waals surface area contributed by atoms with Crippen LogP contribution in [-0.4, -0.2) is 43.0 Å². The van der Waals surface area contributed by atoms with E-state index in [1.807, 2.05) is 0 Å². The van der Waals surface area contributed by atoms with Gasteiger partial charge >= 0.3 is 0 Å². The molecule has 32 heavy (non-hydrogen) atoms. The van der Waals surface area contributed by atoms with E-state index in [-0.39, 0.29) is 22.0 Å². The molecule has 0 radical (unpaired) electrons. The van der Waals surface area contributed by atoms with Gasteiger partial charge in [-0.1, -0.05) is 26.8 Å². The summed E-state index contributed by atoms with van der Waals surface area (Å²) in [5.74, 6) is 0.841. The molecule has 0 saturated carbocycles. The molecule has 174 valence electrons. The topological polar surface area (TPSA) is 101 Å². The number of pyridine rings is 2. The van der Waals surface area contributed by atoms with Crippen molar-refractivity contribution in [3.63, 3.8) is 0 Å². The van der Waals surface area contributed by atoms with Crippen molar-refractivity contribution < 1.29 is 17.9 Å². The average molecular weight is 461 g/mol. The SMILES string of the molecule is CC(C)CCOc1cccc(S(=O)(=O)NC(=O)c2cccnc2N2CC(C)CC2(C)C)n1. The maximum absolute atomic E-state index is 13.0. The molecule has 1 N–H and O–H groups in total. The van der Waals surface area contributed by atoms with Crippen LogP contribution in [0.1, 0.15) is 57.8 Å². The lowest BCUT2D eigenvalue weighted by Gasteiger charge is -2.33. The van der Waals surface area contributed by atoms with E-state index < -0.39 is 15.9 Å². The van der Waals surface area contributed by atoms with Crippen molar-refractivity contribution >= 4 is 21.7 Å². The molecular formula is C23H32N4O4S. The molecule has 8 nitrogen and oxygen atoms in total. The molecule has 1 unspecified atom stereocenters. The third kappa shape index (κ3) is 5.56. The van der Waals surface area contributed by atoms with Crippen LogP contribution in [-0.2, 0) is 10.0 Å². The molecule has 1 saturated heterocycles. The summed E-state index contributed by atoms with van der Waals surface area (Å²) in [6.45, 7) is 11.7. The lowest BCUT2D eigenvalue weighted by molar-refractivity contribution is 0.0981. The van der Waals surface area contributed by atoms with E-state index in [4.69, 9.17) is 4.74 Å². The molecule has 1 aliphatic rings. The minimum absolute atomic E-state index is 0.190. The fourth-order valence-electron chi connectivity index (χ4n) is 4.00. The van der Waals surface area contributed by atoms with Crippen molar-refractivity contribution in [3.05, 3.63) is 42.1 Å². The highest BCUT2D eigenvalue weighted by atomic mass is 32.2. The maximum Gasteiger partial charge on any atom is 0.281 e. The number of nitrogens with zero attached hydrogens (tertiary/aromatic N) is 3. The van der Waals surface area contributed by atoms with E-state index in [0.29, 0.717) is 24.3 Å². The second-order valence-electron chi connectivity index (χ2n) is 9.39. The third-order valence-electron chi connectivity index (χ3n) is 5.51. The fraction of sp³-hybridized carbons (Fsp3) is 0.522. The van der Waals surface area contributed by atoms with Crippen LogP contribution in [0.2, 0.25) is 0 Å². The highest BCUT2D eigenvalue weighted by Gasteiger charge is 2.39. The predicted octanol–water partition coefficient (Wildman–Crippen LogP) is 3.65. The van der Waals surface area contributed by atoms with Gasteiger partial charge in [-0.2, -0.15) is 13.4 Å². The first-order valence-electron chi connectivity index (χ1n) is 10.9. The molecule has 0 aromatic carbocycles. The Balaban J connectivity index is 1.81. The first-order valence-corrected chi connectivity index (χ1v) is 12.4. The van der Waals surface area contributed by atoms with Gasteiger partial charge in [-0.25, -0.2) is 9.71 Å². The second-order valence-corrected chi connectivity index (χ2v) is 11.0. The number of sulfonamides is 1. The van der Waals surface area contributed by atoms with Crippen molar-refractivity contribution in [1.29, 1.82) is 0 Å². The molecule has 1 amide bonds. The van der Waals surface area contributed by atoms with Crippen LogP contribution in [0.3, 0.4) is 0 Å². The Labute approximate surface area is 190 Å². The summed E-state index contributed by atoms with van der Waals surface area (Å²) in [6, 6.07) is 7.68. The molecule has 0 spiro atoms. The molecule has 9 heteroatoms. The first kappa shape index (κ1) is 24.0. The Morgan fingerprint density at radius 2 is 2.03 bits per heavy atom. The first-order chi connectivity index (χ1) is 15.0. The summed E-state index contributed by atoms with van der Waals surface area (Å²) in [5, 5.41) is -0.270. The fourth-order valence-corrected chi connectivity index (χ4v) is 4.93. The van der Waals surface area contributed by atoms with Crippen LogP contribution >= 0.6 is 0 Å². The largest absolute Gasteiger partial charge is 0.478 e. The summed E-state index contributed by atoms with van der Waals surface area (Å²) in [5.41, 5.74) is 0.0211. The molecule has 0 aliphatic carbocycles. The number of hydrogen-bond acceptors (Lipinski definition) is 7. The van der Waals surface area contributed by atoms with Crippen LogP contribution in [0.25, 0.3) is 0 Å². The Kier molecular flexibility index (Phi) is 7.07. The number of rotatable bonds is 8. The maximum atomic E-state index is 13.0. The lowest BCUT2D eigenvalue weighted by atomic mass is 9.97. The van der Waals surface area contributed by atoms with Crippen molar-refractivity contribution in [3.8, 4) is 5.88 Å². The van der Waals surface area contributed by atoms with E-state index in [1.54, 1.807) is 30.5 Å². The van der Waals surface area contributed by atoms with Gasteiger partial charge in [0.2, 0.25) is 5.88 Å². The standard InChI is InChI=1S/C23H32N4O4S/c1-16(2)11-13-31-19-9-6-10-20(25-19)32(29,30)26-22(28)18-8-7-12-24-21(18)27-15-17(3)14-23(27,4)5/h6-10,12,16-17H,11,13-15H2,1-5H3,(H,26,28). The van der Waals surface area contributed by atoms with Crippen molar-refractivity contribution in [2.24, 2.45) is 11.8 Å². The number of carbonyl (C=O) groups is 1. The smallest absolute Gasteiger partial charge is 0.281 e. The molecule has 1 fully saturated rings. The molecule has 1 atom stereocenters. The van der Waals surface area contributed by atoms with Gasteiger partial charge in [0.1, 0.15) is 5.82 Å². The zero-order valence-corrected chi connectivity index (χ0v) is 20.1. The van der Waals surface area contributed by atoms with Gasteiger partial charge in [-0.3, -0.25) is 4.79 Å². The summed E-state index contributed by atoms with van der Waals surface area (Å²) in [6.07, 6.45) is 3.39. The zero-order valence-electron chi connectivity index (χ0n) is 19.3. The Hall–Kier alpha value is -2.68. The Morgan fingerprint density at radius 3 is 2.69 bits per heavy atom. The van der Waals surface area contributed by atoms with Crippen LogP contribution < -0.4 is 14.4 Å². The number of aromatic nitrogens is 2. The molecule has 2 aromatic rings. The number of amides is 1. The van der Waals surface area contributed by atoms with Crippen LogP contribution in [0.4, 0.5) is 5.82 Å². The normalized spacial score (nSPS) is 18.1. The number of hydrogen-bond donors (Lipinski definition) is 1. The van der Waals surface area contributed by atoms with E-state index >= 15 is 0 Å². The van der Waals surface area contributed by atoms with Gasteiger partial charge in [0.05, 0.1) is 12.2 Å². The summed E-state index contributed by atoms with van der Waals surface area (Å²) in [4.78, 5) is 23.6. The van der Waals surface area contributed by atoms with Gasteiger partial charge in [0, 0.05) is 24.3 Å². The van der Waals surface area contributed by atoms with E-state index in [2.05, 4.69) is 54.2 Å². The number of nitrogens with one attached hydrogen (secondary N) is 1. The van der Waals surface area contributed by atoms with Gasteiger partial charge in [0.25, 0.3) is 15.9 Å². The second kappa shape index (κ2) is 9.44. The number of ether oxygens (including phenoxy) is 1. The monoisotopic (exact) mass is 460 g/mol. The summed E-state index contributed by atoms with van der Waals surface area (Å²) >= 11 is 0. The van der Waals surface area contributed by atoms with Gasteiger partial charge in [-0.15, -0.1) is 0 Å². The highest BCUT2D eigenvalue weighted by Crippen LogP contribution is 2.37. The van der Waals surface area contributed by atoms with Crippen molar-refractivity contribution in [1.82, 2.24) is 14.7 Å². The van der Waals surface area contributed by atoms with Gasteiger partial charge in [-0.05, 0) is 56.7 Å². The van der Waals surface area contributed by atoms with Crippen LogP contribution in [0, 0.1) is 11.8 Å². The van der Waals surface area contributed by atoms with E-state index in [0.717, 1.165) is 19.4 Å². The van der Waals surface area contributed by atoms with Gasteiger partial charge < -0.3 is 9.64 Å². The lowest BCUT2D eigenvalue weighted by Crippen LogP contribution is -2.41.